The summed E-state index contributed by atoms with van der Waals surface area (Å²) >= 11 is 5.86. The van der Waals surface area contributed by atoms with Crippen LogP contribution in [-0.4, -0.2) is 23.7 Å². The predicted octanol–water partition coefficient (Wildman–Crippen LogP) is 2.06. The van der Waals surface area contributed by atoms with Crippen LogP contribution in [0.25, 0.3) is 0 Å². The molecule has 0 bridgehead atoms. The number of nitrogens with one attached hydrogen (secondary N) is 1. The van der Waals surface area contributed by atoms with E-state index in [2.05, 4.69) is 5.32 Å². The summed E-state index contributed by atoms with van der Waals surface area (Å²) in [5, 5.41) is 12.3. The van der Waals surface area contributed by atoms with Crippen LogP contribution in [0.4, 0.5) is 5.69 Å². The lowest BCUT2D eigenvalue weighted by atomic mass is 10.0. The predicted molar refractivity (Wildman–Crippen MR) is 73.7 cm³/mol. The van der Waals surface area contributed by atoms with Crippen LogP contribution in [0.3, 0.4) is 0 Å². The number of benzene rings is 1. The van der Waals surface area contributed by atoms with Gasteiger partial charge in [-0.3, -0.25) is 4.79 Å². The van der Waals surface area contributed by atoms with Gasteiger partial charge in [-0.1, -0.05) is 31.5 Å². The minimum atomic E-state index is -0.310. The zero-order valence-electron chi connectivity index (χ0n) is 10.6. The van der Waals surface area contributed by atoms with Gasteiger partial charge in [0, 0.05) is 0 Å². The molecule has 1 amide bonds. The minimum Gasteiger partial charge on any atom is -0.397 e. The molecular formula is C13H19ClN2O2. The lowest BCUT2D eigenvalue weighted by Gasteiger charge is -2.18. The monoisotopic (exact) mass is 270 g/mol. The molecule has 4 N–H and O–H groups in total. The largest absolute Gasteiger partial charge is 0.397 e. The molecule has 1 aromatic rings. The number of para-hydroxylation sites is 1. The number of aliphatic hydroxyl groups excluding tert-OH is 1. The molecule has 1 atom stereocenters. The normalized spacial score (nSPS) is 12.5. The second-order valence-electron chi connectivity index (χ2n) is 4.68. The smallest absolute Gasteiger partial charge is 0.253 e. The Morgan fingerprint density at radius 3 is 2.72 bits per heavy atom. The number of anilines is 1. The van der Waals surface area contributed by atoms with Gasteiger partial charge < -0.3 is 16.2 Å². The van der Waals surface area contributed by atoms with Crippen molar-refractivity contribution in [3.63, 3.8) is 0 Å². The molecule has 0 fully saturated rings. The second kappa shape index (κ2) is 6.61. The number of carbonyl (C=O) groups excluding carboxylic acids is 1. The number of nitrogen functional groups attached to an aromatic ring is 1. The van der Waals surface area contributed by atoms with E-state index >= 15 is 0 Å². The Balaban J connectivity index is 2.78. The van der Waals surface area contributed by atoms with Crippen molar-refractivity contribution in [3.8, 4) is 0 Å². The minimum absolute atomic E-state index is 0.0929. The van der Waals surface area contributed by atoms with Gasteiger partial charge in [0.1, 0.15) is 0 Å². The van der Waals surface area contributed by atoms with E-state index in [1.807, 2.05) is 13.8 Å². The number of nitrogens with two attached hydrogens (primary N) is 1. The van der Waals surface area contributed by atoms with E-state index in [1.165, 1.54) is 0 Å². The Labute approximate surface area is 112 Å². The Hall–Kier alpha value is -1.26. The van der Waals surface area contributed by atoms with Crippen molar-refractivity contribution in [2.75, 3.05) is 12.3 Å². The van der Waals surface area contributed by atoms with Crippen LogP contribution in [0.15, 0.2) is 18.2 Å². The molecule has 0 saturated heterocycles. The highest BCUT2D eigenvalue weighted by atomic mass is 35.5. The van der Waals surface area contributed by atoms with Crippen LogP contribution in [0, 0.1) is 5.92 Å². The summed E-state index contributed by atoms with van der Waals surface area (Å²) in [4.78, 5) is 12.0. The molecule has 1 rings (SSSR count). The molecule has 0 aliphatic carbocycles. The van der Waals surface area contributed by atoms with E-state index in [1.54, 1.807) is 18.2 Å². The zero-order chi connectivity index (χ0) is 13.7. The summed E-state index contributed by atoms with van der Waals surface area (Å²) in [6.07, 6.45) is 0.711. The van der Waals surface area contributed by atoms with Crippen molar-refractivity contribution in [2.24, 2.45) is 5.92 Å². The number of amides is 1. The first kappa shape index (κ1) is 14.8. The van der Waals surface area contributed by atoms with Crippen molar-refractivity contribution < 1.29 is 9.90 Å². The average molecular weight is 271 g/mol. The lowest BCUT2D eigenvalue weighted by molar-refractivity contribution is 0.0909. The SMILES string of the molecule is CC(C)CC(CO)NC(=O)c1cccc(Cl)c1N. The molecule has 0 spiro atoms. The van der Waals surface area contributed by atoms with Gasteiger partial charge in [0.15, 0.2) is 0 Å². The Bertz CT molecular complexity index is 421. The fraction of sp³-hybridized carbons (Fsp3) is 0.462. The number of hydrogen-bond donors (Lipinski definition) is 3. The summed E-state index contributed by atoms with van der Waals surface area (Å²) in [5.41, 5.74) is 6.35. The van der Waals surface area contributed by atoms with Gasteiger partial charge in [-0.15, -0.1) is 0 Å². The van der Waals surface area contributed by atoms with Crippen LogP contribution in [-0.2, 0) is 0 Å². The molecular weight excluding hydrogens is 252 g/mol. The van der Waals surface area contributed by atoms with Gasteiger partial charge in [-0.25, -0.2) is 0 Å². The van der Waals surface area contributed by atoms with Gasteiger partial charge in [-0.2, -0.15) is 0 Å². The maximum atomic E-state index is 12.0. The van der Waals surface area contributed by atoms with E-state index in [-0.39, 0.29) is 24.2 Å². The van der Waals surface area contributed by atoms with E-state index in [4.69, 9.17) is 17.3 Å². The molecule has 4 nitrogen and oxygen atoms in total. The van der Waals surface area contributed by atoms with Gasteiger partial charge in [-0.05, 0) is 24.5 Å². The number of hydrogen-bond acceptors (Lipinski definition) is 3. The number of halogens is 1. The van der Waals surface area contributed by atoms with E-state index in [9.17, 15) is 9.90 Å². The standard InChI is InChI=1S/C13H19ClN2O2/c1-8(2)6-9(7-17)16-13(18)10-4-3-5-11(14)12(10)15/h3-5,8-9,17H,6-7,15H2,1-2H3,(H,16,18). The molecule has 0 saturated carbocycles. The molecule has 100 valence electrons. The van der Waals surface area contributed by atoms with Crippen LogP contribution >= 0.6 is 11.6 Å². The van der Waals surface area contributed by atoms with Crippen molar-refractivity contribution in [2.45, 2.75) is 26.3 Å². The van der Waals surface area contributed by atoms with Crippen molar-refractivity contribution in [1.82, 2.24) is 5.32 Å². The fourth-order valence-electron chi connectivity index (χ4n) is 1.75. The summed E-state index contributed by atoms with van der Waals surface area (Å²) in [6.45, 7) is 3.97. The quantitative estimate of drug-likeness (QED) is 0.717. The van der Waals surface area contributed by atoms with Gasteiger partial charge in [0.2, 0.25) is 0 Å². The third-order valence-electron chi connectivity index (χ3n) is 2.61. The summed E-state index contributed by atoms with van der Waals surface area (Å²) in [7, 11) is 0. The second-order valence-corrected chi connectivity index (χ2v) is 5.09. The first-order valence-electron chi connectivity index (χ1n) is 5.91. The molecule has 1 unspecified atom stereocenters. The maximum Gasteiger partial charge on any atom is 0.253 e. The highest BCUT2D eigenvalue weighted by Crippen LogP contribution is 2.22. The molecule has 5 heteroatoms. The molecule has 0 aliphatic rings. The molecule has 0 aromatic heterocycles. The van der Waals surface area contributed by atoms with E-state index in [0.717, 1.165) is 0 Å². The van der Waals surface area contributed by atoms with Crippen LogP contribution in [0.1, 0.15) is 30.6 Å². The van der Waals surface area contributed by atoms with Crippen LogP contribution in [0.5, 0.6) is 0 Å². The Morgan fingerprint density at radius 1 is 1.50 bits per heavy atom. The van der Waals surface area contributed by atoms with Crippen molar-refractivity contribution in [3.05, 3.63) is 28.8 Å². The molecule has 0 heterocycles. The molecule has 18 heavy (non-hydrogen) atoms. The highest BCUT2D eigenvalue weighted by molar-refractivity contribution is 6.33. The fourth-order valence-corrected chi connectivity index (χ4v) is 1.92. The van der Waals surface area contributed by atoms with E-state index < -0.39 is 0 Å². The molecule has 0 radical (unpaired) electrons. The number of rotatable bonds is 5. The number of carbonyl (C=O) groups is 1. The van der Waals surface area contributed by atoms with Crippen LogP contribution in [0.2, 0.25) is 5.02 Å². The molecule has 1 aromatic carbocycles. The number of aliphatic hydroxyl groups is 1. The highest BCUT2D eigenvalue weighted by Gasteiger charge is 2.16. The third-order valence-corrected chi connectivity index (χ3v) is 2.94. The summed E-state index contributed by atoms with van der Waals surface area (Å²) < 4.78 is 0. The van der Waals surface area contributed by atoms with Crippen molar-refractivity contribution in [1.29, 1.82) is 0 Å². The summed E-state index contributed by atoms with van der Waals surface area (Å²) in [6, 6.07) is 4.64. The lowest BCUT2D eigenvalue weighted by Crippen LogP contribution is -2.38. The van der Waals surface area contributed by atoms with Gasteiger partial charge >= 0.3 is 0 Å². The van der Waals surface area contributed by atoms with Crippen LogP contribution < -0.4 is 11.1 Å². The maximum absolute atomic E-state index is 12.0. The third kappa shape index (κ3) is 3.89. The van der Waals surface area contributed by atoms with Crippen molar-refractivity contribution >= 4 is 23.2 Å². The Morgan fingerprint density at radius 2 is 2.17 bits per heavy atom. The molecule has 0 aliphatic heterocycles. The zero-order valence-corrected chi connectivity index (χ0v) is 11.4. The van der Waals surface area contributed by atoms with E-state index in [0.29, 0.717) is 22.9 Å². The van der Waals surface area contributed by atoms with Gasteiger partial charge in [0.25, 0.3) is 5.91 Å². The first-order valence-corrected chi connectivity index (χ1v) is 6.29. The Kier molecular flexibility index (Phi) is 5.44. The first-order chi connectivity index (χ1) is 8.45. The topological polar surface area (TPSA) is 75.3 Å². The van der Waals surface area contributed by atoms with Gasteiger partial charge in [0.05, 0.1) is 28.9 Å². The average Bonchev–Trinajstić information content (AvgIpc) is 2.31. The summed E-state index contributed by atoms with van der Waals surface area (Å²) in [5.74, 6) is 0.0776.